The monoisotopic (exact) mass is 300 g/mol. The normalized spacial score (nSPS) is 17.3. The summed E-state index contributed by atoms with van der Waals surface area (Å²) in [6.07, 6.45) is 3.15. The fourth-order valence-corrected chi connectivity index (χ4v) is 4.08. The number of likely N-dealkylation sites (N-methyl/N-ethyl adjacent to an activating group) is 1. The summed E-state index contributed by atoms with van der Waals surface area (Å²) in [6.45, 7) is 2.68. The van der Waals surface area contributed by atoms with Gasteiger partial charge in [0.2, 0.25) is 5.91 Å². The summed E-state index contributed by atoms with van der Waals surface area (Å²) in [5.41, 5.74) is 8.67. The summed E-state index contributed by atoms with van der Waals surface area (Å²) in [5, 5.41) is 2.10. The van der Waals surface area contributed by atoms with Gasteiger partial charge in [-0.2, -0.15) is 0 Å². The van der Waals surface area contributed by atoms with Gasteiger partial charge in [-0.1, -0.05) is 6.07 Å². The Morgan fingerprint density at radius 3 is 3.05 bits per heavy atom. The first-order valence-corrected chi connectivity index (χ1v) is 8.32. The van der Waals surface area contributed by atoms with Gasteiger partial charge in [-0.25, -0.2) is 0 Å². The highest BCUT2D eigenvalue weighted by Gasteiger charge is 2.30. The van der Waals surface area contributed by atoms with Crippen molar-refractivity contribution in [3.63, 3.8) is 0 Å². The number of rotatable bonds is 3. The zero-order chi connectivity index (χ0) is 14.8. The van der Waals surface area contributed by atoms with E-state index in [1.807, 2.05) is 36.1 Å². The van der Waals surface area contributed by atoms with Crippen LogP contribution < -0.4 is 10.6 Å². The summed E-state index contributed by atoms with van der Waals surface area (Å²) < 4.78 is 0. The van der Waals surface area contributed by atoms with Crippen LogP contribution in [0.3, 0.4) is 0 Å². The van der Waals surface area contributed by atoms with Gasteiger partial charge in [0.15, 0.2) is 0 Å². The molecule has 3 rings (SSSR count). The Bertz CT molecular complexity index is 650. The zero-order valence-electron chi connectivity index (χ0n) is 12.2. The Balaban J connectivity index is 1.91. The number of anilines is 2. The smallest absolute Gasteiger partial charge is 0.234 e. The SMILES string of the molecule is CCN(C(=O)C1CCCc2sccc21)c1cccc(N)c1. The molecule has 0 bridgehead atoms. The summed E-state index contributed by atoms with van der Waals surface area (Å²) in [7, 11) is 0. The van der Waals surface area contributed by atoms with E-state index in [4.69, 9.17) is 5.73 Å². The molecule has 110 valence electrons. The number of carbonyl (C=O) groups excluding carboxylic acids is 1. The molecule has 3 nitrogen and oxygen atoms in total. The third-order valence-electron chi connectivity index (χ3n) is 4.11. The molecule has 0 saturated heterocycles. The van der Waals surface area contributed by atoms with Crippen LogP contribution in [0.1, 0.15) is 36.1 Å². The van der Waals surface area contributed by atoms with E-state index in [0.29, 0.717) is 12.2 Å². The largest absolute Gasteiger partial charge is 0.399 e. The second-order valence-electron chi connectivity index (χ2n) is 5.42. The van der Waals surface area contributed by atoms with E-state index in [1.54, 1.807) is 11.3 Å². The number of fused-ring (bicyclic) bond motifs is 1. The molecule has 21 heavy (non-hydrogen) atoms. The molecule has 2 N–H and O–H groups in total. The molecule has 1 aromatic carbocycles. The molecule has 0 radical (unpaired) electrons. The third kappa shape index (κ3) is 2.68. The standard InChI is InChI=1S/C17H20N2OS/c1-2-19(13-6-3-5-12(18)11-13)17(20)15-7-4-8-16-14(15)9-10-21-16/h3,5-6,9-11,15H,2,4,7-8,18H2,1H3. The number of nitrogen functional groups attached to an aromatic ring is 1. The van der Waals surface area contributed by atoms with E-state index >= 15 is 0 Å². The molecule has 1 unspecified atom stereocenters. The van der Waals surface area contributed by atoms with Crippen molar-refractivity contribution >= 4 is 28.6 Å². The summed E-state index contributed by atoms with van der Waals surface area (Å²) >= 11 is 1.77. The van der Waals surface area contributed by atoms with Crippen LogP contribution in [0.5, 0.6) is 0 Å². The average Bonchev–Trinajstić information content (AvgIpc) is 2.96. The summed E-state index contributed by atoms with van der Waals surface area (Å²) in [5.74, 6) is 0.198. The molecular weight excluding hydrogens is 280 g/mol. The molecular formula is C17H20N2OS. The van der Waals surface area contributed by atoms with Crippen LogP contribution in [0, 0.1) is 0 Å². The summed E-state index contributed by atoms with van der Waals surface area (Å²) in [6, 6.07) is 9.69. The Morgan fingerprint density at radius 2 is 2.29 bits per heavy atom. The number of nitrogens with two attached hydrogens (primary N) is 1. The van der Waals surface area contributed by atoms with Crippen molar-refractivity contribution in [1.82, 2.24) is 0 Å². The van der Waals surface area contributed by atoms with Gasteiger partial charge in [-0.05, 0) is 61.4 Å². The molecule has 1 aliphatic rings. The molecule has 4 heteroatoms. The number of hydrogen-bond acceptors (Lipinski definition) is 3. The Kier molecular flexibility index (Phi) is 3.97. The number of benzene rings is 1. The molecule has 0 saturated carbocycles. The number of carbonyl (C=O) groups is 1. The molecule has 1 aromatic heterocycles. The number of amides is 1. The maximum atomic E-state index is 13.0. The Hall–Kier alpha value is -1.81. The first-order valence-electron chi connectivity index (χ1n) is 7.44. The van der Waals surface area contributed by atoms with Crippen molar-refractivity contribution in [3.05, 3.63) is 46.2 Å². The average molecular weight is 300 g/mol. The highest BCUT2D eigenvalue weighted by atomic mass is 32.1. The highest BCUT2D eigenvalue weighted by Crippen LogP contribution is 2.37. The number of hydrogen-bond donors (Lipinski definition) is 1. The highest BCUT2D eigenvalue weighted by molar-refractivity contribution is 7.10. The maximum Gasteiger partial charge on any atom is 0.234 e. The minimum Gasteiger partial charge on any atom is -0.399 e. The first-order chi connectivity index (χ1) is 10.2. The van der Waals surface area contributed by atoms with Crippen LogP contribution in [0.15, 0.2) is 35.7 Å². The lowest BCUT2D eigenvalue weighted by molar-refractivity contribution is -0.120. The number of aryl methyl sites for hydroxylation is 1. The van der Waals surface area contributed by atoms with Gasteiger partial charge < -0.3 is 10.6 Å². The minimum atomic E-state index is 0.00128. The second kappa shape index (κ2) is 5.90. The van der Waals surface area contributed by atoms with Crippen LogP contribution in [-0.2, 0) is 11.2 Å². The number of nitrogens with zero attached hydrogens (tertiary/aromatic N) is 1. The van der Waals surface area contributed by atoms with E-state index in [0.717, 1.165) is 24.9 Å². The van der Waals surface area contributed by atoms with E-state index in [-0.39, 0.29) is 11.8 Å². The maximum absolute atomic E-state index is 13.0. The van der Waals surface area contributed by atoms with Crippen LogP contribution in [0.2, 0.25) is 0 Å². The van der Waals surface area contributed by atoms with Gasteiger partial charge in [-0.15, -0.1) is 11.3 Å². The third-order valence-corrected chi connectivity index (χ3v) is 5.11. The van der Waals surface area contributed by atoms with Crippen LogP contribution >= 0.6 is 11.3 Å². The lowest BCUT2D eigenvalue weighted by Crippen LogP contribution is -2.36. The molecule has 1 heterocycles. The molecule has 2 aromatic rings. The fraction of sp³-hybridized carbons (Fsp3) is 0.353. The molecule has 0 spiro atoms. The van der Waals surface area contributed by atoms with E-state index < -0.39 is 0 Å². The lowest BCUT2D eigenvalue weighted by Gasteiger charge is -2.29. The van der Waals surface area contributed by atoms with Crippen molar-refractivity contribution < 1.29 is 4.79 Å². The van der Waals surface area contributed by atoms with E-state index in [2.05, 4.69) is 11.4 Å². The van der Waals surface area contributed by atoms with Gasteiger partial charge in [0, 0.05) is 22.8 Å². The molecule has 1 aliphatic carbocycles. The Morgan fingerprint density at radius 1 is 1.43 bits per heavy atom. The second-order valence-corrected chi connectivity index (χ2v) is 6.42. The quantitative estimate of drug-likeness (QED) is 0.876. The summed E-state index contributed by atoms with van der Waals surface area (Å²) in [4.78, 5) is 16.2. The van der Waals surface area contributed by atoms with E-state index in [9.17, 15) is 4.79 Å². The zero-order valence-corrected chi connectivity index (χ0v) is 13.0. The van der Waals surface area contributed by atoms with Crippen molar-refractivity contribution in [2.45, 2.75) is 32.1 Å². The fourth-order valence-electron chi connectivity index (χ4n) is 3.09. The topological polar surface area (TPSA) is 46.3 Å². The van der Waals surface area contributed by atoms with Crippen molar-refractivity contribution in [3.8, 4) is 0 Å². The molecule has 1 amide bonds. The van der Waals surface area contributed by atoms with Crippen molar-refractivity contribution in [1.29, 1.82) is 0 Å². The van der Waals surface area contributed by atoms with Crippen LogP contribution in [-0.4, -0.2) is 12.5 Å². The van der Waals surface area contributed by atoms with Gasteiger partial charge in [0.1, 0.15) is 0 Å². The van der Waals surface area contributed by atoms with Gasteiger partial charge in [0.05, 0.1) is 5.92 Å². The van der Waals surface area contributed by atoms with Gasteiger partial charge in [-0.3, -0.25) is 4.79 Å². The van der Waals surface area contributed by atoms with Crippen molar-refractivity contribution in [2.75, 3.05) is 17.2 Å². The molecule has 0 aliphatic heterocycles. The van der Waals surface area contributed by atoms with Crippen LogP contribution in [0.4, 0.5) is 11.4 Å². The Labute approximate surface area is 129 Å². The predicted molar refractivity (Wildman–Crippen MR) is 88.9 cm³/mol. The van der Waals surface area contributed by atoms with Crippen LogP contribution in [0.25, 0.3) is 0 Å². The first kappa shape index (κ1) is 14.1. The van der Waals surface area contributed by atoms with Gasteiger partial charge in [0.25, 0.3) is 0 Å². The molecule has 1 atom stereocenters. The van der Waals surface area contributed by atoms with Crippen molar-refractivity contribution in [2.24, 2.45) is 0 Å². The minimum absolute atomic E-state index is 0.00128. The number of thiophene rings is 1. The predicted octanol–water partition coefficient (Wildman–Crippen LogP) is 3.80. The lowest BCUT2D eigenvalue weighted by atomic mass is 9.86. The van der Waals surface area contributed by atoms with Gasteiger partial charge >= 0.3 is 0 Å². The van der Waals surface area contributed by atoms with E-state index in [1.165, 1.54) is 10.4 Å². The molecule has 0 fully saturated rings.